The summed E-state index contributed by atoms with van der Waals surface area (Å²) in [6, 6.07) is 0. The third-order valence-electron chi connectivity index (χ3n) is 3.09. The standard InChI is InChI=1S/C13H27NO/c1-6-8-10-13(3,11-9-7-2)12(15)14(4)5/h6-11H2,1-5H3. The van der Waals surface area contributed by atoms with Gasteiger partial charge >= 0.3 is 0 Å². The molecule has 0 aliphatic carbocycles. The lowest BCUT2D eigenvalue weighted by Crippen LogP contribution is -2.38. The van der Waals surface area contributed by atoms with Gasteiger partial charge in [0.15, 0.2) is 0 Å². The van der Waals surface area contributed by atoms with Crippen molar-refractivity contribution in [1.29, 1.82) is 0 Å². The van der Waals surface area contributed by atoms with Gasteiger partial charge in [0.05, 0.1) is 0 Å². The molecule has 0 N–H and O–H groups in total. The maximum absolute atomic E-state index is 12.1. The maximum atomic E-state index is 12.1. The number of amides is 1. The largest absolute Gasteiger partial charge is 0.348 e. The third kappa shape index (κ3) is 4.67. The van der Waals surface area contributed by atoms with E-state index in [1.54, 1.807) is 4.90 Å². The number of carbonyl (C=O) groups is 1. The molecule has 0 unspecified atom stereocenters. The van der Waals surface area contributed by atoms with Crippen molar-refractivity contribution in [2.24, 2.45) is 5.41 Å². The average Bonchev–Trinajstić information content (AvgIpc) is 2.22. The number of carbonyl (C=O) groups excluding carboxylic acids is 1. The van der Waals surface area contributed by atoms with Gasteiger partial charge in [-0.15, -0.1) is 0 Å². The van der Waals surface area contributed by atoms with E-state index in [2.05, 4.69) is 20.8 Å². The fraction of sp³-hybridized carbons (Fsp3) is 0.923. The van der Waals surface area contributed by atoms with Crippen LogP contribution < -0.4 is 0 Å². The van der Waals surface area contributed by atoms with Gasteiger partial charge in [-0.3, -0.25) is 4.79 Å². The quantitative estimate of drug-likeness (QED) is 0.634. The smallest absolute Gasteiger partial charge is 0.227 e. The Bertz CT molecular complexity index is 179. The first-order valence-electron chi connectivity index (χ1n) is 6.19. The van der Waals surface area contributed by atoms with Gasteiger partial charge in [0.2, 0.25) is 5.91 Å². The zero-order valence-electron chi connectivity index (χ0n) is 11.1. The van der Waals surface area contributed by atoms with Crippen molar-refractivity contribution in [3.63, 3.8) is 0 Å². The zero-order chi connectivity index (χ0) is 11.9. The van der Waals surface area contributed by atoms with Gasteiger partial charge in [-0.1, -0.05) is 46.5 Å². The average molecular weight is 213 g/mol. The highest BCUT2D eigenvalue weighted by atomic mass is 16.2. The molecule has 0 aromatic carbocycles. The molecule has 0 aromatic rings. The highest BCUT2D eigenvalue weighted by Gasteiger charge is 2.32. The molecule has 0 rings (SSSR count). The topological polar surface area (TPSA) is 20.3 Å². The first kappa shape index (κ1) is 14.5. The Balaban J connectivity index is 4.45. The molecule has 0 saturated carbocycles. The first-order valence-corrected chi connectivity index (χ1v) is 6.19. The van der Waals surface area contributed by atoms with E-state index in [0.29, 0.717) is 5.91 Å². The summed E-state index contributed by atoms with van der Waals surface area (Å²) in [6.07, 6.45) is 6.70. The lowest BCUT2D eigenvalue weighted by atomic mass is 9.79. The van der Waals surface area contributed by atoms with Crippen molar-refractivity contribution in [3.8, 4) is 0 Å². The Morgan fingerprint density at radius 3 is 1.73 bits per heavy atom. The second-order valence-electron chi connectivity index (χ2n) is 4.97. The number of hydrogen-bond acceptors (Lipinski definition) is 1. The predicted octanol–water partition coefficient (Wildman–Crippen LogP) is 3.46. The van der Waals surface area contributed by atoms with Crippen LogP contribution in [0.5, 0.6) is 0 Å². The van der Waals surface area contributed by atoms with Crippen LogP contribution in [0.4, 0.5) is 0 Å². The molecule has 0 atom stereocenters. The fourth-order valence-corrected chi connectivity index (χ4v) is 2.01. The van der Waals surface area contributed by atoms with Crippen LogP contribution in [-0.4, -0.2) is 24.9 Å². The summed E-state index contributed by atoms with van der Waals surface area (Å²) in [5, 5.41) is 0. The number of rotatable bonds is 7. The zero-order valence-corrected chi connectivity index (χ0v) is 11.1. The van der Waals surface area contributed by atoms with E-state index in [9.17, 15) is 4.79 Å². The third-order valence-corrected chi connectivity index (χ3v) is 3.09. The van der Waals surface area contributed by atoms with Crippen LogP contribution >= 0.6 is 0 Å². The molecule has 0 heterocycles. The Hall–Kier alpha value is -0.530. The van der Waals surface area contributed by atoms with Crippen molar-refractivity contribution < 1.29 is 4.79 Å². The van der Waals surface area contributed by atoms with Crippen LogP contribution in [0.1, 0.15) is 59.3 Å². The lowest BCUT2D eigenvalue weighted by molar-refractivity contribution is -0.139. The van der Waals surface area contributed by atoms with Gasteiger partial charge in [0.25, 0.3) is 0 Å². The molecule has 0 aromatic heterocycles. The molecule has 2 heteroatoms. The van der Waals surface area contributed by atoms with Crippen molar-refractivity contribution in [3.05, 3.63) is 0 Å². The van der Waals surface area contributed by atoms with Crippen molar-refractivity contribution in [1.82, 2.24) is 4.90 Å². The second kappa shape index (κ2) is 6.86. The lowest BCUT2D eigenvalue weighted by Gasteiger charge is -2.31. The molecule has 0 saturated heterocycles. The highest BCUT2D eigenvalue weighted by Crippen LogP contribution is 2.32. The van der Waals surface area contributed by atoms with Gasteiger partial charge in [0.1, 0.15) is 0 Å². The van der Waals surface area contributed by atoms with Gasteiger partial charge in [-0.05, 0) is 12.8 Å². The van der Waals surface area contributed by atoms with Crippen LogP contribution in [0.15, 0.2) is 0 Å². The van der Waals surface area contributed by atoms with Crippen molar-refractivity contribution >= 4 is 5.91 Å². The van der Waals surface area contributed by atoms with Crippen LogP contribution in [0.3, 0.4) is 0 Å². The molecule has 0 aliphatic rings. The molecular weight excluding hydrogens is 186 g/mol. The molecular formula is C13H27NO. The van der Waals surface area contributed by atoms with E-state index in [0.717, 1.165) is 25.7 Å². The van der Waals surface area contributed by atoms with E-state index in [-0.39, 0.29) is 5.41 Å². The minimum Gasteiger partial charge on any atom is -0.348 e. The molecule has 15 heavy (non-hydrogen) atoms. The molecule has 0 spiro atoms. The van der Waals surface area contributed by atoms with Crippen LogP contribution in [0.2, 0.25) is 0 Å². The SMILES string of the molecule is CCCCC(C)(CCCC)C(=O)N(C)C. The van der Waals surface area contributed by atoms with Gasteiger partial charge in [-0.25, -0.2) is 0 Å². The Morgan fingerprint density at radius 2 is 1.47 bits per heavy atom. The minimum absolute atomic E-state index is 0.129. The van der Waals surface area contributed by atoms with E-state index >= 15 is 0 Å². The molecule has 0 radical (unpaired) electrons. The van der Waals surface area contributed by atoms with Gasteiger partial charge in [0, 0.05) is 19.5 Å². The van der Waals surface area contributed by atoms with Crippen LogP contribution in [0, 0.1) is 5.41 Å². The molecule has 1 amide bonds. The van der Waals surface area contributed by atoms with E-state index < -0.39 is 0 Å². The predicted molar refractivity (Wildman–Crippen MR) is 65.9 cm³/mol. The molecule has 90 valence electrons. The second-order valence-corrected chi connectivity index (χ2v) is 4.97. The fourth-order valence-electron chi connectivity index (χ4n) is 2.01. The van der Waals surface area contributed by atoms with Gasteiger partial charge in [-0.2, -0.15) is 0 Å². The molecule has 0 bridgehead atoms. The molecule has 2 nitrogen and oxygen atoms in total. The summed E-state index contributed by atoms with van der Waals surface area (Å²) >= 11 is 0. The number of nitrogens with zero attached hydrogens (tertiary/aromatic N) is 1. The van der Waals surface area contributed by atoms with Crippen molar-refractivity contribution in [2.45, 2.75) is 59.3 Å². The molecule has 0 aliphatic heterocycles. The highest BCUT2D eigenvalue weighted by molar-refractivity contribution is 5.81. The Labute approximate surface area is 95.0 Å². The Morgan fingerprint density at radius 1 is 1.07 bits per heavy atom. The van der Waals surface area contributed by atoms with E-state index in [1.807, 2.05) is 14.1 Å². The summed E-state index contributed by atoms with van der Waals surface area (Å²) in [4.78, 5) is 13.8. The van der Waals surface area contributed by atoms with E-state index in [4.69, 9.17) is 0 Å². The molecule has 0 fully saturated rings. The van der Waals surface area contributed by atoms with Gasteiger partial charge < -0.3 is 4.90 Å². The normalized spacial score (nSPS) is 11.5. The number of hydrogen-bond donors (Lipinski definition) is 0. The summed E-state index contributed by atoms with van der Waals surface area (Å²) in [5.41, 5.74) is -0.129. The Kier molecular flexibility index (Phi) is 6.62. The summed E-state index contributed by atoms with van der Waals surface area (Å²) < 4.78 is 0. The van der Waals surface area contributed by atoms with Crippen molar-refractivity contribution in [2.75, 3.05) is 14.1 Å². The first-order chi connectivity index (χ1) is 6.98. The van der Waals surface area contributed by atoms with E-state index in [1.165, 1.54) is 12.8 Å². The summed E-state index contributed by atoms with van der Waals surface area (Å²) in [7, 11) is 3.72. The summed E-state index contributed by atoms with van der Waals surface area (Å²) in [5.74, 6) is 0.296. The summed E-state index contributed by atoms with van der Waals surface area (Å²) in [6.45, 7) is 6.49. The number of unbranched alkanes of at least 4 members (excludes halogenated alkanes) is 2. The maximum Gasteiger partial charge on any atom is 0.227 e. The minimum atomic E-state index is -0.129. The van der Waals surface area contributed by atoms with Crippen LogP contribution in [-0.2, 0) is 4.79 Å². The van der Waals surface area contributed by atoms with Crippen LogP contribution in [0.25, 0.3) is 0 Å². The monoisotopic (exact) mass is 213 g/mol.